The lowest BCUT2D eigenvalue weighted by Gasteiger charge is -2.41. The van der Waals surface area contributed by atoms with Gasteiger partial charge < -0.3 is 9.42 Å². The normalized spacial score (nSPS) is 20.8. The van der Waals surface area contributed by atoms with Crippen LogP contribution in [0.5, 0.6) is 0 Å². The molecule has 0 saturated heterocycles. The molecule has 23 heavy (non-hydrogen) atoms. The SMILES string of the molecule is CC(C)c1cc(C(=O)N(C2CCCCC2)C2CCCCC2)on1. The van der Waals surface area contributed by atoms with Gasteiger partial charge in [-0.25, -0.2) is 0 Å². The van der Waals surface area contributed by atoms with Crippen molar-refractivity contribution in [3.05, 3.63) is 17.5 Å². The number of rotatable bonds is 4. The molecule has 0 N–H and O–H groups in total. The largest absolute Gasteiger partial charge is 0.351 e. The van der Waals surface area contributed by atoms with E-state index in [4.69, 9.17) is 4.52 Å². The van der Waals surface area contributed by atoms with E-state index in [2.05, 4.69) is 23.9 Å². The van der Waals surface area contributed by atoms with Gasteiger partial charge in [0.15, 0.2) is 0 Å². The zero-order valence-electron chi connectivity index (χ0n) is 14.6. The van der Waals surface area contributed by atoms with Gasteiger partial charge >= 0.3 is 0 Å². The summed E-state index contributed by atoms with van der Waals surface area (Å²) in [7, 11) is 0. The fourth-order valence-electron chi connectivity index (χ4n) is 4.14. The molecule has 2 aliphatic rings. The van der Waals surface area contributed by atoms with E-state index in [1.54, 1.807) is 0 Å². The maximum atomic E-state index is 13.2. The molecule has 0 aromatic carbocycles. The van der Waals surface area contributed by atoms with Crippen LogP contribution in [0.25, 0.3) is 0 Å². The van der Waals surface area contributed by atoms with Crippen molar-refractivity contribution in [3.8, 4) is 0 Å². The summed E-state index contributed by atoms with van der Waals surface area (Å²) in [5, 5.41) is 4.09. The summed E-state index contributed by atoms with van der Waals surface area (Å²) in [4.78, 5) is 15.4. The fraction of sp³-hybridized carbons (Fsp3) is 0.789. The lowest BCUT2D eigenvalue weighted by molar-refractivity contribution is 0.0408. The molecular weight excluding hydrogens is 288 g/mol. The highest BCUT2D eigenvalue weighted by molar-refractivity contribution is 5.92. The highest BCUT2D eigenvalue weighted by Gasteiger charge is 2.34. The first-order valence-electron chi connectivity index (χ1n) is 9.46. The van der Waals surface area contributed by atoms with E-state index in [0.717, 1.165) is 31.4 Å². The smallest absolute Gasteiger partial charge is 0.292 e. The average Bonchev–Trinajstić information content (AvgIpc) is 3.07. The summed E-state index contributed by atoms with van der Waals surface area (Å²) in [5.74, 6) is 0.797. The molecule has 0 radical (unpaired) electrons. The molecular formula is C19H30N2O2. The van der Waals surface area contributed by atoms with Crippen molar-refractivity contribution in [2.75, 3.05) is 0 Å². The lowest BCUT2D eigenvalue weighted by atomic mass is 9.88. The monoisotopic (exact) mass is 318 g/mol. The molecule has 0 atom stereocenters. The molecule has 1 aromatic rings. The zero-order valence-corrected chi connectivity index (χ0v) is 14.6. The second-order valence-corrected chi connectivity index (χ2v) is 7.57. The van der Waals surface area contributed by atoms with Gasteiger partial charge in [-0.15, -0.1) is 0 Å². The first-order chi connectivity index (χ1) is 11.2. The second kappa shape index (κ2) is 7.50. The average molecular weight is 318 g/mol. The number of hydrogen-bond acceptors (Lipinski definition) is 3. The van der Waals surface area contributed by atoms with E-state index in [0.29, 0.717) is 17.8 Å². The molecule has 0 spiro atoms. The molecule has 128 valence electrons. The Kier molecular flexibility index (Phi) is 5.39. The summed E-state index contributed by atoms with van der Waals surface area (Å²) in [5.41, 5.74) is 0.876. The molecule has 4 nitrogen and oxygen atoms in total. The van der Waals surface area contributed by atoms with Crippen molar-refractivity contribution in [1.29, 1.82) is 0 Å². The van der Waals surface area contributed by atoms with Crippen molar-refractivity contribution in [2.24, 2.45) is 0 Å². The molecule has 4 heteroatoms. The molecule has 1 heterocycles. The third-order valence-electron chi connectivity index (χ3n) is 5.50. The van der Waals surface area contributed by atoms with E-state index in [-0.39, 0.29) is 11.8 Å². The Morgan fingerprint density at radius 2 is 1.57 bits per heavy atom. The number of aromatic nitrogens is 1. The topological polar surface area (TPSA) is 46.3 Å². The number of amides is 1. The van der Waals surface area contributed by atoms with Crippen LogP contribution in [0.2, 0.25) is 0 Å². The zero-order chi connectivity index (χ0) is 16.2. The van der Waals surface area contributed by atoms with Gasteiger partial charge in [-0.3, -0.25) is 4.79 Å². The van der Waals surface area contributed by atoms with E-state index in [1.165, 1.54) is 38.5 Å². The van der Waals surface area contributed by atoms with Crippen LogP contribution in [0.1, 0.15) is 100 Å². The van der Waals surface area contributed by atoms with Gasteiger partial charge in [-0.05, 0) is 31.6 Å². The van der Waals surface area contributed by atoms with Crippen LogP contribution in [-0.2, 0) is 0 Å². The Labute approximate surface area is 139 Å². The highest BCUT2D eigenvalue weighted by atomic mass is 16.5. The van der Waals surface area contributed by atoms with E-state index < -0.39 is 0 Å². The fourth-order valence-corrected chi connectivity index (χ4v) is 4.14. The number of nitrogens with zero attached hydrogens (tertiary/aromatic N) is 2. The molecule has 0 aliphatic heterocycles. The molecule has 1 amide bonds. The number of carbonyl (C=O) groups excluding carboxylic acids is 1. The lowest BCUT2D eigenvalue weighted by Crippen LogP contribution is -2.48. The minimum Gasteiger partial charge on any atom is -0.351 e. The van der Waals surface area contributed by atoms with Gasteiger partial charge in [0.25, 0.3) is 5.91 Å². The van der Waals surface area contributed by atoms with Crippen LogP contribution in [0.15, 0.2) is 10.6 Å². The summed E-state index contributed by atoms with van der Waals surface area (Å²) in [6, 6.07) is 2.64. The van der Waals surface area contributed by atoms with Gasteiger partial charge in [0.05, 0.1) is 5.69 Å². The molecule has 0 unspecified atom stereocenters. The minimum absolute atomic E-state index is 0.0724. The Morgan fingerprint density at radius 1 is 1.04 bits per heavy atom. The van der Waals surface area contributed by atoms with Crippen LogP contribution in [-0.4, -0.2) is 28.0 Å². The van der Waals surface area contributed by atoms with Gasteiger partial charge in [-0.2, -0.15) is 0 Å². The number of hydrogen-bond donors (Lipinski definition) is 0. The Bertz CT molecular complexity index is 493. The quantitative estimate of drug-likeness (QED) is 0.792. The van der Waals surface area contributed by atoms with Crippen molar-refractivity contribution < 1.29 is 9.32 Å². The van der Waals surface area contributed by atoms with Crippen molar-refractivity contribution in [3.63, 3.8) is 0 Å². The predicted molar refractivity (Wildman–Crippen MR) is 90.5 cm³/mol. The first-order valence-corrected chi connectivity index (χ1v) is 9.46. The summed E-state index contributed by atoms with van der Waals surface area (Å²) in [6.07, 6.45) is 12.2. The van der Waals surface area contributed by atoms with Gasteiger partial charge in [-0.1, -0.05) is 57.5 Å². The standard InChI is InChI=1S/C19H30N2O2/c1-14(2)17-13-18(23-20-17)19(22)21(15-9-5-3-6-10-15)16-11-7-4-8-12-16/h13-16H,3-12H2,1-2H3. The van der Waals surface area contributed by atoms with Crippen LogP contribution in [0.3, 0.4) is 0 Å². The third kappa shape index (κ3) is 3.78. The summed E-state index contributed by atoms with van der Waals surface area (Å²) in [6.45, 7) is 4.15. The van der Waals surface area contributed by atoms with Crippen molar-refractivity contribution in [2.45, 2.75) is 96.1 Å². The first kappa shape index (κ1) is 16.5. The molecule has 2 fully saturated rings. The highest BCUT2D eigenvalue weighted by Crippen LogP contribution is 2.31. The number of carbonyl (C=O) groups is 1. The van der Waals surface area contributed by atoms with E-state index in [1.807, 2.05) is 6.07 Å². The Hall–Kier alpha value is -1.32. The molecule has 3 rings (SSSR count). The third-order valence-corrected chi connectivity index (χ3v) is 5.50. The minimum atomic E-state index is 0.0724. The van der Waals surface area contributed by atoms with Gasteiger partial charge in [0, 0.05) is 18.2 Å². The predicted octanol–water partition coefficient (Wildman–Crippen LogP) is 4.91. The molecule has 2 saturated carbocycles. The van der Waals surface area contributed by atoms with Crippen molar-refractivity contribution >= 4 is 5.91 Å². The maximum absolute atomic E-state index is 13.2. The van der Waals surface area contributed by atoms with Crippen molar-refractivity contribution in [1.82, 2.24) is 10.1 Å². The van der Waals surface area contributed by atoms with Crippen LogP contribution >= 0.6 is 0 Å². The molecule has 0 bridgehead atoms. The van der Waals surface area contributed by atoms with Gasteiger partial charge in [0.1, 0.15) is 0 Å². The van der Waals surface area contributed by atoms with E-state index >= 15 is 0 Å². The van der Waals surface area contributed by atoms with E-state index in [9.17, 15) is 4.79 Å². The Morgan fingerprint density at radius 3 is 2.00 bits per heavy atom. The maximum Gasteiger partial charge on any atom is 0.292 e. The summed E-state index contributed by atoms with van der Waals surface area (Å²) < 4.78 is 5.41. The van der Waals surface area contributed by atoms with Crippen LogP contribution < -0.4 is 0 Å². The second-order valence-electron chi connectivity index (χ2n) is 7.57. The Balaban J connectivity index is 1.81. The molecule has 2 aliphatic carbocycles. The van der Waals surface area contributed by atoms with Crippen LogP contribution in [0.4, 0.5) is 0 Å². The molecule has 1 aromatic heterocycles. The van der Waals surface area contributed by atoms with Crippen LogP contribution in [0, 0.1) is 0 Å². The van der Waals surface area contributed by atoms with Gasteiger partial charge in [0.2, 0.25) is 5.76 Å². The summed E-state index contributed by atoms with van der Waals surface area (Å²) >= 11 is 0.